The number of hydrogen-bond acceptors (Lipinski definition) is 3. The summed E-state index contributed by atoms with van der Waals surface area (Å²) in [6.07, 6.45) is 7.46. The van der Waals surface area contributed by atoms with Crippen LogP contribution in [0.15, 0.2) is 6.20 Å². The third-order valence-electron chi connectivity index (χ3n) is 3.10. The Bertz CT molecular complexity index is 342. The maximum Gasteiger partial charge on any atom is 0.203 e. The maximum atomic E-state index is 4.56. The number of nitrogens with zero attached hydrogens (tertiary/aromatic N) is 2. The topological polar surface area (TPSA) is 29.9 Å². The lowest BCUT2D eigenvalue weighted by atomic mass is 10.2. The molecule has 2 heterocycles. The molecule has 1 unspecified atom stereocenters. The third kappa shape index (κ3) is 3.66. The number of rotatable bonds is 5. The van der Waals surface area contributed by atoms with Crippen LogP contribution in [-0.2, 0) is 6.54 Å². The van der Waals surface area contributed by atoms with Gasteiger partial charge in [-0.3, -0.25) is 0 Å². The first-order chi connectivity index (χ1) is 8.29. The van der Waals surface area contributed by atoms with Gasteiger partial charge in [-0.05, 0) is 31.9 Å². The van der Waals surface area contributed by atoms with Gasteiger partial charge in [0, 0.05) is 24.5 Å². The number of nitrogens with one attached hydrogen (secondary N) is 1. The second kappa shape index (κ2) is 6.34. The number of thioether (sulfide) groups is 1. The van der Waals surface area contributed by atoms with E-state index in [0.29, 0.717) is 0 Å². The minimum absolute atomic E-state index is 0.777. The van der Waals surface area contributed by atoms with E-state index in [0.717, 1.165) is 36.4 Å². The van der Waals surface area contributed by atoms with E-state index in [4.69, 9.17) is 0 Å². The predicted octanol–water partition coefficient (Wildman–Crippen LogP) is 3.30. The minimum Gasteiger partial charge on any atom is -0.356 e. The first-order valence-corrected chi connectivity index (χ1v) is 7.73. The summed E-state index contributed by atoms with van der Waals surface area (Å²) in [6.45, 7) is 6.37. The summed E-state index contributed by atoms with van der Waals surface area (Å²) < 4.78 is 2.30. The van der Waals surface area contributed by atoms with Gasteiger partial charge in [0.15, 0.2) is 0 Å². The molecule has 0 amide bonds. The smallest absolute Gasteiger partial charge is 0.203 e. The lowest BCUT2D eigenvalue weighted by molar-refractivity contribution is 0.585. The quantitative estimate of drug-likeness (QED) is 0.873. The third-order valence-corrected chi connectivity index (χ3v) is 4.48. The van der Waals surface area contributed by atoms with Crippen molar-refractivity contribution in [2.75, 3.05) is 17.6 Å². The van der Waals surface area contributed by atoms with Gasteiger partial charge in [0.05, 0.1) is 5.69 Å². The van der Waals surface area contributed by atoms with Crippen molar-refractivity contribution in [2.24, 2.45) is 0 Å². The summed E-state index contributed by atoms with van der Waals surface area (Å²) in [6, 6.07) is 0. The molecule has 0 aromatic carbocycles. The van der Waals surface area contributed by atoms with E-state index < -0.39 is 0 Å². The fourth-order valence-electron chi connectivity index (χ4n) is 2.23. The Labute approximate surface area is 108 Å². The van der Waals surface area contributed by atoms with Crippen LogP contribution >= 0.6 is 11.8 Å². The Balaban J connectivity index is 1.97. The van der Waals surface area contributed by atoms with Gasteiger partial charge >= 0.3 is 0 Å². The SMILES string of the molecule is CCCNc1nc(C)cn1CC1CCCCS1. The van der Waals surface area contributed by atoms with Crippen LogP contribution in [0, 0.1) is 6.92 Å². The van der Waals surface area contributed by atoms with Crippen LogP contribution in [0.25, 0.3) is 0 Å². The van der Waals surface area contributed by atoms with Gasteiger partial charge in [-0.1, -0.05) is 13.3 Å². The maximum absolute atomic E-state index is 4.56. The second-order valence-electron chi connectivity index (χ2n) is 4.77. The zero-order chi connectivity index (χ0) is 12.1. The molecule has 0 saturated carbocycles. The Morgan fingerprint density at radius 3 is 3.12 bits per heavy atom. The number of hydrogen-bond donors (Lipinski definition) is 1. The Morgan fingerprint density at radius 2 is 2.41 bits per heavy atom. The molecule has 3 nitrogen and oxygen atoms in total. The van der Waals surface area contributed by atoms with Crippen molar-refractivity contribution in [3.8, 4) is 0 Å². The van der Waals surface area contributed by atoms with Gasteiger partial charge in [0.1, 0.15) is 0 Å². The number of anilines is 1. The van der Waals surface area contributed by atoms with Gasteiger partial charge in [0.2, 0.25) is 5.95 Å². The minimum atomic E-state index is 0.777. The molecule has 1 fully saturated rings. The van der Waals surface area contributed by atoms with Crippen molar-refractivity contribution in [1.82, 2.24) is 9.55 Å². The van der Waals surface area contributed by atoms with Crippen molar-refractivity contribution in [3.63, 3.8) is 0 Å². The summed E-state index contributed by atoms with van der Waals surface area (Å²) in [4.78, 5) is 4.56. The molecular formula is C13H23N3S. The average Bonchev–Trinajstić information content (AvgIpc) is 2.68. The van der Waals surface area contributed by atoms with E-state index in [2.05, 4.69) is 46.7 Å². The molecule has 1 aromatic rings. The van der Waals surface area contributed by atoms with Gasteiger partial charge in [-0.2, -0.15) is 11.8 Å². The summed E-state index contributed by atoms with van der Waals surface area (Å²) in [7, 11) is 0. The summed E-state index contributed by atoms with van der Waals surface area (Å²) in [5.74, 6) is 2.38. The van der Waals surface area contributed by atoms with E-state index in [1.54, 1.807) is 0 Å². The van der Waals surface area contributed by atoms with Crippen molar-refractivity contribution in [2.45, 2.75) is 51.3 Å². The van der Waals surface area contributed by atoms with Crippen LogP contribution in [0.2, 0.25) is 0 Å². The van der Waals surface area contributed by atoms with Crippen LogP contribution in [0.1, 0.15) is 38.3 Å². The largest absolute Gasteiger partial charge is 0.356 e. The predicted molar refractivity (Wildman–Crippen MR) is 75.8 cm³/mol. The molecular weight excluding hydrogens is 230 g/mol. The van der Waals surface area contributed by atoms with E-state index in [1.165, 1.54) is 25.0 Å². The van der Waals surface area contributed by atoms with Crippen molar-refractivity contribution in [3.05, 3.63) is 11.9 Å². The zero-order valence-electron chi connectivity index (χ0n) is 10.9. The van der Waals surface area contributed by atoms with Crippen molar-refractivity contribution < 1.29 is 0 Å². The van der Waals surface area contributed by atoms with E-state index in [9.17, 15) is 0 Å². The van der Waals surface area contributed by atoms with Crippen LogP contribution in [0.3, 0.4) is 0 Å². The molecule has 4 heteroatoms. The molecule has 0 bridgehead atoms. The van der Waals surface area contributed by atoms with Crippen molar-refractivity contribution in [1.29, 1.82) is 0 Å². The molecule has 0 spiro atoms. The first kappa shape index (κ1) is 12.8. The van der Waals surface area contributed by atoms with Gasteiger partial charge < -0.3 is 9.88 Å². The van der Waals surface area contributed by atoms with Gasteiger partial charge in [-0.15, -0.1) is 0 Å². The number of aryl methyl sites for hydroxylation is 1. The monoisotopic (exact) mass is 253 g/mol. The molecule has 1 N–H and O–H groups in total. The van der Waals surface area contributed by atoms with Gasteiger partial charge in [-0.25, -0.2) is 4.98 Å². The Kier molecular flexibility index (Phi) is 4.77. The van der Waals surface area contributed by atoms with E-state index >= 15 is 0 Å². The molecule has 1 atom stereocenters. The van der Waals surface area contributed by atoms with Crippen LogP contribution in [-0.4, -0.2) is 27.1 Å². The van der Waals surface area contributed by atoms with E-state index in [1.807, 2.05) is 0 Å². The summed E-state index contributed by atoms with van der Waals surface area (Å²) in [5, 5.41) is 4.19. The highest BCUT2D eigenvalue weighted by Crippen LogP contribution is 2.27. The second-order valence-corrected chi connectivity index (χ2v) is 6.18. The first-order valence-electron chi connectivity index (χ1n) is 6.69. The molecule has 0 aliphatic carbocycles. The molecule has 1 aromatic heterocycles. The van der Waals surface area contributed by atoms with Crippen LogP contribution in [0.5, 0.6) is 0 Å². The molecule has 2 rings (SSSR count). The molecule has 1 aliphatic heterocycles. The molecule has 17 heavy (non-hydrogen) atoms. The Morgan fingerprint density at radius 1 is 1.53 bits per heavy atom. The highest BCUT2D eigenvalue weighted by atomic mass is 32.2. The lowest BCUT2D eigenvalue weighted by Crippen LogP contribution is -2.18. The number of aromatic nitrogens is 2. The van der Waals surface area contributed by atoms with Gasteiger partial charge in [0.25, 0.3) is 0 Å². The molecule has 0 radical (unpaired) electrons. The fourth-order valence-corrected chi connectivity index (χ4v) is 3.54. The zero-order valence-corrected chi connectivity index (χ0v) is 11.7. The average molecular weight is 253 g/mol. The van der Waals surface area contributed by atoms with Crippen molar-refractivity contribution >= 4 is 17.7 Å². The normalized spacial score (nSPS) is 20.5. The number of imidazole rings is 1. The lowest BCUT2D eigenvalue weighted by Gasteiger charge is -2.22. The Hall–Kier alpha value is -0.640. The standard InChI is InChI=1S/C13H23N3S/c1-3-7-14-13-15-11(2)9-16(13)10-12-6-4-5-8-17-12/h9,12H,3-8,10H2,1-2H3,(H,14,15). The molecule has 96 valence electrons. The molecule has 1 aliphatic rings. The summed E-state index contributed by atoms with van der Waals surface area (Å²) >= 11 is 2.12. The highest BCUT2D eigenvalue weighted by molar-refractivity contribution is 7.99. The van der Waals surface area contributed by atoms with E-state index in [-0.39, 0.29) is 0 Å². The van der Waals surface area contributed by atoms with Crippen LogP contribution < -0.4 is 5.32 Å². The summed E-state index contributed by atoms with van der Waals surface area (Å²) in [5.41, 5.74) is 1.12. The fraction of sp³-hybridized carbons (Fsp3) is 0.769. The molecule has 1 saturated heterocycles. The highest BCUT2D eigenvalue weighted by Gasteiger charge is 2.16. The van der Waals surface area contributed by atoms with Crippen LogP contribution in [0.4, 0.5) is 5.95 Å².